The number of nitrogens with one attached hydrogen (secondary N) is 1. The molecule has 0 fully saturated rings. The fraction of sp³-hybridized carbons (Fsp3) is 0.294. The highest BCUT2D eigenvalue weighted by Gasteiger charge is 2.21. The molecule has 10 heteroatoms. The molecule has 0 unspecified atom stereocenters. The lowest BCUT2D eigenvalue weighted by atomic mass is 10.2. The van der Waals surface area contributed by atoms with Crippen LogP contribution in [0.5, 0.6) is 0 Å². The summed E-state index contributed by atoms with van der Waals surface area (Å²) in [6.45, 7) is 0.0574. The minimum Gasteiger partial charge on any atom is -0.382 e. The monoisotopic (exact) mass is 376 g/mol. The molecule has 0 saturated carbocycles. The van der Waals surface area contributed by atoms with Crippen LogP contribution in [-0.4, -0.2) is 44.4 Å². The lowest BCUT2D eigenvalue weighted by Gasteiger charge is -2.17. The fourth-order valence-corrected chi connectivity index (χ4v) is 2.65. The first-order chi connectivity index (χ1) is 13.0. The standard InChI is InChI=1S/C17H18F2N6O2/c1-24-16(6-7-20-24)15(10-27-2)21-17(26)14-9-25(23-22-14)8-11-12(18)4-3-5-13(11)19/h3-7,9,15H,8,10H2,1-2H3,(H,21,26)/t15-/m0/s1. The van der Waals surface area contributed by atoms with E-state index in [1.165, 1.54) is 24.1 Å². The summed E-state index contributed by atoms with van der Waals surface area (Å²) in [6, 6.07) is 4.92. The topological polar surface area (TPSA) is 86.9 Å². The third kappa shape index (κ3) is 4.17. The first kappa shape index (κ1) is 18.6. The van der Waals surface area contributed by atoms with Crippen molar-refractivity contribution in [2.24, 2.45) is 7.05 Å². The van der Waals surface area contributed by atoms with Gasteiger partial charge >= 0.3 is 0 Å². The summed E-state index contributed by atoms with van der Waals surface area (Å²) in [7, 11) is 3.28. The zero-order valence-electron chi connectivity index (χ0n) is 14.8. The second-order valence-corrected chi connectivity index (χ2v) is 5.86. The van der Waals surface area contributed by atoms with E-state index in [1.54, 1.807) is 24.0 Å². The molecule has 1 amide bonds. The normalized spacial score (nSPS) is 12.1. The number of hydrogen-bond acceptors (Lipinski definition) is 5. The number of nitrogens with zero attached hydrogens (tertiary/aromatic N) is 5. The molecule has 0 aliphatic rings. The van der Waals surface area contributed by atoms with Crippen LogP contribution >= 0.6 is 0 Å². The number of ether oxygens (including phenoxy) is 1. The second kappa shape index (κ2) is 8.04. The molecular weight excluding hydrogens is 358 g/mol. The molecule has 1 atom stereocenters. The summed E-state index contributed by atoms with van der Waals surface area (Å²) in [5, 5.41) is 14.4. The Labute approximate surface area is 153 Å². The predicted molar refractivity (Wildman–Crippen MR) is 90.8 cm³/mol. The number of aryl methyl sites for hydroxylation is 1. The van der Waals surface area contributed by atoms with Crippen LogP contribution in [0.15, 0.2) is 36.7 Å². The van der Waals surface area contributed by atoms with Crippen LogP contribution in [0.25, 0.3) is 0 Å². The quantitative estimate of drug-likeness (QED) is 0.675. The van der Waals surface area contributed by atoms with Gasteiger partial charge in [-0.2, -0.15) is 5.10 Å². The van der Waals surface area contributed by atoms with Crippen molar-refractivity contribution in [1.29, 1.82) is 0 Å². The minimum atomic E-state index is -0.687. The maximum absolute atomic E-state index is 13.8. The summed E-state index contributed by atoms with van der Waals surface area (Å²) in [4.78, 5) is 12.5. The minimum absolute atomic E-state index is 0.0232. The van der Waals surface area contributed by atoms with Gasteiger partial charge in [-0.3, -0.25) is 9.48 Å². The van der Waals surface area contributed by atoms with Crippen LogP contribution in [0.4, 0.5) is 8.78 Å². The third-order valence-electron chi connectivity index (χ3n) is 4.01. The lowest BCUT2D eigenvalue weighted by molar-refractivity contribution is 0.0887. The van der Waals surface area contributed by atoms with Crippen LogP contribution in [0.3, 0.4) is 0 Å². The van der Waals surface area contributed by atoms with Gasteiger partial charge in [-0.25, -0.2) is 13.5 Å². The molecule has 0 bridgehead atoms. The maximum atomic E-state index is 13.8. The van der Waals surface area contributed by atoms with E-state index in [1.807, 2.05) is 0 Å². The predicted octanol–water partition coefficient (Wildman–Crippen LogP) is 1.46. The van der Waals surface area contributed by atoms with E-state index in [0.29, 0.717) is 0 Å². The molecule has 8 nitrogen and oxygen atoms in total. The Morgan fingerprint density at radius 2 is 2.04 bits per heavy atom. The van der Waals surface area contributed by atoms with Crippen molar-refractivity contribution in [2.75, 3.05) is 13.7 Å². The maximum Gasteiger partial charge on any atom is 0.274 e. The van der Waals surface area contributed by atoms with Crippen LogP contribution in [0.1, 0.15) is 27.8 Å². The molecule has 142 valence electrons. The summed E-state index contributed by atoms with van der Waals surface area (Å²) in [6.07, 6.45) is 2.94. The Morgan fingerprint density at radius 1 is 1.30 bits per heavy atom. The van der Waals surface area contributed by atoms with Crippen LogP contribution < -0.4 is 5.32 Å². The number of amides is 1. The van der Waals surface area contributed by atoms with Crippen LogP contribution in [0, 0.1) is 11.6 Å². The van der Waals surface area contributed by atoms with Crippen molar-refractivity contribution in [3.63, 3.8) is 0 Å². The van der Waals surface area contributed by atoms with Gasteiger partial charge in [-0.1, -0.05) is 11.3 Å². The van der Waals surface area contributed by atoms with E-state index in [0.717, 1.165) is 17.8 Å². The highest BCUT2D eigenvalue weighted by atomic mass is 19.1. The van der Waals surface area contributed by atoms with Gasteiger partial charge in [0.25, 0.3) is 5.91 Å². The molecule has 0 spiro atoms. The number of benzene rings is 1. The average molecular weight is 376 g/mol. The van der Waals surface area contributed by atoms with E-state index in [2.05, 4.69) is 20.7 Å². The average Bonchev–Trinajstić information content (AvgIpc) is 3.27. The van der Waals surface area contributed by atoms with Crippen molar-refractivity contribution in [1.82, 2.24) is 30.1 Å². The van der Waals surface area contributed by atoms with Gasteiger partial charge in [0.1, 0.15) is 11.6 Å². The van der Waals surface area contributed by atoms with Gasteiger partial charge in [0, 0.05) is 25.9 Å². The van der Waals surface area contributed by atoms with Crippen molar-refractivity contribution in [2.45, 2.75) is 12.6 Å². The molecule has 0 aliphatic carbocycles. The van der Waals surface area contributed by atoms with E-state index in [-0.39, 0.29) is 24.4 Å². The molecule has 1 N–H and O–H groups in total. The van der Waals surface area contributed by atoms with Gasteiger partial charge in [0.2, 0.25) is 0 Å². The molecular formula is C17H18F2N6O2. The zero-order chi connectivity index (χ0) is 19.4. The van der Waals surface area contributed by atoms with Gasteiger partial charge in [0.15, 0.2) is 5.69 Å². The Bertz CT molecular complexity index is 919. The van der Waals surface area contributed by atoms with E-state index in [4.69, 9.17) is 4.74 Å². The number of aromatic nitrogens is 5. The molecule has 27 heavy (non-hydrogen) atoms. The van der Waals surface area contributed by atoms with E-state index in [9.17, 15) is 13.6 Å². The molecule has 0 aliphatic heterocycles. The highest BCUT2D eigenvalue weighted by Crippen LogP contribution is 2.15. The van der Waals surface area contributed by atoms with Gasteiger partial charge in [-0.05, 0) is 18.2 Å². The lowest BCUT2D eigenvalue weighted by Crippen LogP contribution is -2.32. The smallest absolute Gasteiger partial charge is 0.274 e. The van der Waals surface area contributed by atoms with Gasteiger partial charge < -0.3 is 10.1 Å². The Morgan fingerprint density at radius 3 is 2.67 bits per heavy atom. The van der Waals surface area contributed by atoms with E-state index < -0.39 is 23.6 Å². The fourth-order valence-electron chi connectivity index (χ4n) is 2.65. The largest absolute Gasteiger partial charge is 0.382 e. The molecule has 0 saturated heterocycles. The zero-order valence-corrected chi connectivity index (χ0v) is 14.8. The number of hydrogen-bond donors (Lipinski definition) is 1. The molecule has 2 heterocycles. The molecule has 2 aromatic heterocycles. The Kier molecular flexibility index (Phi) is 5.55. The summed E-state index contributed by atoms with van der Waals surface area (Å²) in [5.74, 6) is -1.86. The van der Waals surface area contributed by atoms with Crippen LogP contribution in [0.2, 0.25) is 0 Å². The SMILES string of the molecule is COC[C@H](NC(=O)c1cn(Cc2c(F)cccc2F)nn1)c1ccnn1C. The molecule has 1 aromatic carbocycles. The number of carbonyl (C=O) groups is 1. The highest BCUT2D eigenvalue weighted by molar-refractivity contribution is 5.92. The Hall–Kier alpha value is -3.14. The third-order valence-corrected chi connectivity index (χ3v) is 4.01. The van der Waals surface area contributed by atoms with Crippen LogP contribution in [-0.2, 0) is 18.3 Å². The first-order valence-corrected chi connectivity index (χ1v) is 8.10. The number of methoxy groups -OCH3 is 1. The number of halogens is 2. The Balaban J connectivity index is 1.73. The van der Waals surface area contributed by atoms with Crippen molar-refractivity contribution in [3.05, 3.63) is 65.2 Å². The van der Waals surface area contributed by atoms with Gasteiger partial charge in [-0.15, -0.1) is 5.10 Å². The van der Waals surface area contributed by atoms with Crippen molar-refractivity contribution < 1.29 is 18.3 Å². The summed E-state index contributed by atoms with van der Waals surface area (Å²) < 4.78 is 35.5. The molecule has 0 radical (unpaired) electrons. The molecule has 3 rings (SSSR count). The van der Waals surface area contributed by atoms with Gasteiger partial charge in [0.05, 0.1) is 31.1 Å². The molecule has 3 aromatic rings. The number of rotatable bonds is 7. The first-order valence-electron chi connectivity index (χ1n) is 8.10. The van der Waals surface area contributed by atoms with Crippen molar-refractivity contribution >= 4 is 5.91 Å². The summed E-state index contributed by atoms with van der Waals surface area (Å²) >= 11 is 0. The summed E-state index contributed by atoms with van der Waals surface area (Å²) in [5.41, 5.74) is 0.627. The second-order valence-electron chi connectivity index (χ2n) is 5.86. The van der Waals surface area contributed by atoms with Crippen molar-refractivity contribution in [3.8, 4) is 0 Å². The van der Waals surface area contributed by atoms with E-state index >= 15 is 0 Å². The number of carbonyl (C=O) groups excluding carboxylic acids is 1.